The van der Waals surface area contributed by atoms with Crippen molar-refractivity contribution in [2.45, 2.75) is 233 Å². The van der Waals surface area contributed by atoms with E-state index in [1.54, 1.807) is 0 Å². The molecule has 0 aliphatic carbocycles. The Hall–Kier alpha value is 2.00. The molecule has 0 fully saturated rings. The first-order valence-corrected chi connectivity index (χ1v) is 23.4. The van der Waals surface area contributed by atoms with Crippen LogP contribution in [0.2, 0.25) is 0 Å². The molecule has 0 aromatic carbocycles. The molecule has 0 atom stereocenters. The number of hydrogen-bond acceptors (Lipinski definition) is 2. The Bertz CT molecular complexity index is 410. The minimum absolute atomic E-state index is 0. The van der Waals surface area contributed by atoms with Gasteiger partial charge in [0, 0.05) is 0 Å². The van der Waals surface area contributed by atoms with Gasteiger partial charge in [-0.25, -0.2) is 0 Å². The van der Waals surface area contributed by atoms with E-state index >= 15 is 0 Å². The summed E-state index contributed by atoms with van der Waals surface area (Å²) in [4.78, 5) is 0. The molecular formula is C40H85IN2Nd. The normalized spacial score (nSPS) is 11.5. The maximum absolute atomic E-state index is 3.07. The molecule has 0 aliphatic heterocycles. The maximum atomic E-state index is 3.07. The van der Waals surface area contributed by atoms with Crippen molar-refractivity contribution >= 4 is 24.0 Å². The Morgan fingerprint density at radius 2 is 0.409 bits per heavy atom. The summed E-state index contributed by atoms with van der Waals surface area (Å²) >= 11 is -0.910. The second-order valence-corrected chi connectivity index (χ2v) is 18.7. The Morgan fingerprint density at radius 1 is 0.250 bits per heavy atom. The molecule has 0 heterocycles. The smallest absolute Gasteiger partial charge is 0.107 e. The summed E-state index contributed by atoms with van der Waals surface area (Å²) < 4.78 is 6.15. The average Bonchev–Trinajstić information content (AvgIpc) is 3.01. The van der Waals surface area contributed by atoms with E-state index in [0.29, 0.717) is 0 Å². The van der Waals surface area contributed by atoms with E-state index in [1.165, 1.54) is 232 Å². The SMILES string of the molecule is CCCCCCCCCC[N](CCCCCCCCCC)[Nd][N](CCCCCCCCCC)CCCCCCCCCC.I. The zero-order chi connectivity index (χ0) is 31.3. The molecule has 0 aliphatic rings. The van der Waals surface area contributed by atoms with Gasteiger partial charge in [0.05, 0.1) is 0 Å². The van der Waals surface area contributed by atoms with Gasteiger partial charge >= 0.3 is 299 Å². The monoisotopic (exact) mass is 862 g/mol. The number of nitrogens with zero attached hydrogens (tertiary/aromatic N) is 2. The van der Waals surface area contributed by atoms with E-state index in [2.05, 4.69) is 29.7 Å². The minimum atomic E-state index is -0.910. The number of unbranched alkanes of at least 4 members (excludes halogenated alkanes) is 28. The molecule has 0 spiro atoms. The third-order valence-corrected chi connectivity index (χ3v) is 14.1. The van der Waals surface area contributed by atoms with Crippen molar-refractivity contribution in [3.63, 3.8) is 0 Å². The number of rotatable bonds is 38. The van der Waals surface area contributed by atoms with E-state index in [1.807, 2.05) is 0 Å². The molecule has 0 N–H and O–H groups in total. The van der Waals surface area contributed by atoms with Crippen LogP contribution in [0.1, 0.15) is 233 Å². The van der Waals surface area contributed by atoms with E-state index in [0.717, 1.165) is 0 Å². The van der Waals surface area contributed by atoms with Crippen LogP contribution >= 0.6 is 24.0 Å². The maximum Gasteiger partial charge on any atom is -0.107 e. The Balaban J connectivity index is 0. The fourth-order valence-corrected chi connectivity index (χ4v) is 11.0. The van der Waals surface area contributed by atoms with Crippen LogP contribution in [-0.2, 0) is 0 Å². The quantitative estimate of drug-likeness (QED) is 0.0451. The average molecular weight is 865 g/mol. The van der Waals surface area contributed by atoms with Gasteiger partial charge in [-0.15, -0.1) is 24.0 Å². The van der Waals surface area contributed by atoms with Gasteiger partial charge < -0.3 is 0 Å². The summed E-state index contributed by atoms with van der Waals surface area (Å²) in [6, 6.07) is 0. The van der Waals surface area contributed by atoms with Gasteiger partial charge in [0.2, 0.25) is 0 Å². The molecule has 44 heavy (non-hydrogen) atoms. The minimum Gasteiger partial charge on any atom is -0.107 e. The molecule has 0 rings (SSSR count). The van der Waals surface area contributed by atoms with E-state index in [4.69, 9.17) is 0 Å². The van der Waals surface area contributed by atoms with E-state index in [-0.39, 0.29) is 24.0 Å². The molecule has 0 saturated heterocycles. The van der Waals surface area contributed by atoms with E-state index < -0.39 is 37.5 Å². The van der Waals surface area contributed by atoms with Crippen molar-refractivity contribution in [1.82, 2.24) is 1.97 Å². The van der Waals surface area contributed by atoms with Crippen molar-refractivity contribution in [2.24, 2.45) is 0 Å². The first-order valence-electron chi connectivity index (χ1n) is 20.5. The van der Waals surface area contributed by atoms with Crippen LogP contribution in [0.5, 0.6) is 0 Å². The molecule has 0 aromatic rings. The molecule has 266 valence electrons. The summed E-state index contributed by atoms with van der Waals surface area (Å²) in [5.74, 6) is 0. The van der Waals surface area contributed by atoms with Crippen LogP contribution in [0.15, 0.2) is 0 Å². The fourth-order valence-electron chi connectivity index (χ4n) is 6.37. The Labute approximate surface area is 319 Å². The van der Waals surface area contributed by atoms with Crippen LogP contribution in [-0.4, -0.2) is 28.1 Å². The summed E-state index contributed by atoms with van der Waals surface area (Å²) in [6.07, 6.45) is 46.5. The molecular weight excluding hydrogens is 780 g/mol. The van der Waals surface area contributed by atoms with Crippen molar-refractivity contribution in [3.05, 3.63) is 0 Å². The van der Waals surface area contributed by atoms with Gasteiger partial charge in [-0.1, -0.05) is 0 Å². The van der Waals surface area contributed by atoms with E-state index in [9.17, 15) is 0 Å². The van der Waals surface area contributed by atoms with Crippen LogP contribution in [0.4, 0.5) is 0 Å². The summed E-state index contributed by atoms with van der Waals surface area (Å²) in [7, 11) is 0. The number of halogens is 1. The standard InChI is InChI=1S/2C20H42N.HI.Nd/c2*1-3-5-7-9-11-13-15-17-19-21-20-18-16-14-12-10-8-6-4-2;;/h2*3-20H2,1-2H3;1H;/q2*-1;;+2. The van der Waals surface area contributed by atoms with Crippen LogP contribution < -0.4 is 0 Å². The molecule has 4 heteroatoms. The fraction of sp³-hybridized carbons (Fsp3) is 1.00. The molecule has 0 saturated carbocycles. The number of hydrogen-bond donors (Lipinski definition) is 0. The molecule has 0 unspecified atom stereocenters. The van der Waals surface area contributed by atoms with Crippen LogP contribution in [0.3, 0.4) is 0 Å². The van der Waals surface area contributed by atoms with Crippen LogP contribution in [0, 0.1) is 37.5 Å². The van der Waals surface area contributed by atoms with Gasteiger partial charge in [0.25, 0.3) is 0 Å². The zero-order valence-corrected chi connectivity index (χ0v) is 36.8. The third-order valence-electron chi connectivity index (χ3n) is 9.41. The molecule has 0 radical (unpaired) electrons. The second kappa shape index (κ2) is 43.0. The van der Waals surface area contributed by atoms with Crippen molar-refractivity contribution in [1.29, 1.82) is 0 Å². The molecule has 2 nitrogen and oxygen atoms in total. The Morgan fingerprint density at radius 3 is 0.591 bits per heavy atom. The Kier molecular flexibility index (Phi) is 47.0. The third kappa shape index (κ3) is 38.4. The molecule has 0 amide bonds. The van der Waals surface area contributed by atoms with Crippen LogP contribution in [0.25, 0.3) is 0 Å². The predicted octanol–water partition coefficient (Wildman–Crippen LogP) is 14.7. The van der Waals surface area contributed by atoms with Gasteiger partial charge in [-0.3, -0.25) is 0 Å². The van der Waals surface area contributed by atoms with Gasteiger partial charge in [0.1, 0.15) is 0 Å². The summed E-state index contributed by atoms with van der Waals surface area (Å²) in [5, 5.41) is 0. The first-order chi connectivity index (χ1) is 21.3. The predicted molar refractivity (Wildman–Crippen MR) is 209 cm³/mol. The topological polar surface area (TPSA) is 6.48 Å². The zero-order valence-electron chi connectivity index (χ0n) is 31.3. The van der Waals surface area contributed by atoms with Crippen molar-refractivity contribution in [2.75, 3.05) is 26.2 Å². The van der Waals surface area contributed by atoms with Gasteiger partial charge in [-0.2, -0.15) is 0 Å². The largest absolute Gasteiger partial charge is 0.107 e. The second-order valence-electron chi connectivity index (χ2n) is 14.0. The summed E-state index contributed by atoms with van der Waals surface area (Å²) in [6.45, 7) is 15.0. The van der Waals surface area contributed by atoms with Gasteiger partial charge in [-0.05, 0) is 0 Å². The molecule has 0 aromatic heterocycles. The first kappa shape index (κ1) is 48.1. The molecule has 0 bridgehead atoms. The van der Waals surface area contributed by atoms with Crippen molar-refractivity contribution in [3.8, 4) is 0 Å². The van der Waals surface area contributed by atoms with Crippen molar-refractivity contribution < 1.29 is 37.5 Å². The van der Waals surface area contributed by atoms with Gasteiger partial charge in [0.15, 0.2) is 0 Å². The summed E-state index contributed by atoms with van der Waals surface area (Å²) in [5.41, 5.74) is 0.